The molecule has 1 unspecified atom stereocenters. The summed E-state index contributed by atoms with van der Waals surface area (Å²) >= 11 is 13.9. The van der Waals surface area contributed by atoms with E-state index in [1.54, 1.807) is 11.3 Å². The van der Waals surface area contributed by atoms with Gasteiger partial charge in [-0.3, -0.25) is 0 Å². The van der Waals surface area contributed by atoms with E-state index in [0.717, 1.165) is 15.9 Å². The van der Waals surface area contributed by atoms with Crippen LogP contribution in [-0.2, 0) is 13.0 Å². The van der Waals surface area contributed by atoms with E-state index in [0.29, 0.717) is 6.04 Å². The third-order valence-electron chi connectivity index (χ3n) is 3.53. The molecule has 0 aliphatic heterocycles. The lowest BCUT2D eigenvalue weighted by Gasteiger charge is -2.23. The molecule has 0 bridgehead atoms. The molecule has 0 amide bonds. The van der Waals surface area contributed by atoms with Gasteiger partial charge in [0.05, 0.1) is 4.34 Å². The van der Waals surface area contributed by atoms with Crippen LogP contribution >= 0.6 is 34.5 Å². The van der Waals surface area contributed by atoms with Crippen molar-refractivity contribution in [2.75, 3.05) is 0 Å². The minimum absolute atomic E-state index is 0.423. The molecular formula is C15H15Cl2NS. The number of thiophene rings is 1. The van der Waals surface area contributed by atoms with Gasteiger partial charge in [0.15, 0.2) is 0 Å². The molecule has 1 aromatic heterocycles. The minimum Gasteiger partial charge on any atom is -0.306 e. The van der Waals surface area contributed by atoms with Gasteiger partial charge in [-0.1, -0.05) is 35.3 Å². The summed E-state index contributed by atoms with van der Waals surface area (Å²) in [6, 6.07) is 10.6. The summed E-state index contributed by atoms with van der Waals surface area (Å²) in [5.41, 5.74) is 2.62. The van der Waals surface area contributed by atoms with Crippen LogP contribution in [0.1, 0.15) is 34.9 Å². The Labute approximate surface area is 127 Å². The van der Waals surface area contributed by atoms with Gasteiger partial charge < -0.3 is 5.32 Å². The van der Waals surface area contributed by atoms with Gasteiger partial charge in [0.1, 0.15) is 0 Å². The van der Waals surface area contributed by atoms with E-state index in [1.165, 1.54) is 35.3 Å². The zero-order valence-corrected chi connectivity index (χ0v) is 12.8. The second kappa shape index (κ2) is 5.84. The van der Waals surface area contributed by atoms with Crippen LogP contribution in [0.4, 0.5) is 0 Å². The molecule has 1 atom stereocenters. The highest BCUT2D eigenvalue weighted by Gasteiger charge is 2.22. The summed E-state index contributed by atoms with van der Waals surface area (Å²) in [5.74, 6) is 0. The van der Waals surface area contributed by atoms with Crippen LogP contribution in [0.3, 0.4) is 0 Å². The van der Waals surface area contributed by atoms with Gasteiger partial charge in [-0.15, -0.1) is 11.3 Å². The van der Waals surface area contributed by atoms with Gasteiger partial charge in [-0.05, 0) is 48.6 Å². The summed E-state index contributed by atoms with van der Waals surface area (Å²) in [6.45, 7) is 0.845. The van der Waals surface area contributed by atoms with Crippen molar-refractivity contribution in [1.82, 2.24) is 5.32 Å². The first kappa shape index (κ1) is 13.4. The largest absolute Gasteiger partial charge is 0.306 e. The topological polar surface area (TPSA) is 12.0 Å². The van der Waals surface area contributed by atoms with E-state index in [2.05, 4.69) is 17.4 Å². The highest BCUT2D eigenvalue weighted by Crippen LogP contribution is 2.37. The summed E-state index contributed by atoms with van der Waals surface area (Å²) in [7, 11) is 0. The number of hydrogen-bond donors (Lipinski definition) is 1. The molecule has 100 valence electrons. The fourth-order valence-corrected chi connectivity index (χ4v) is 4.22. The number of halogens is 2. The Hall–Kier alpha value is -0.540. The number of benzene rings is 1. The van der Waals surface area contributed by atoms with Gasteiger partial charge in [-0.25, -0.2) is 0 Å². The van der Waals surface area contributed by atoms with E-state index in [1.807, 2.05) is 18.2 Å². The standard InChI is InChI=1S/C15H15Cl2NS/c16-11-4-1-3-10(7-11)9-18-13-5-2-6-14-12(13)8-15(17)19-14/h1,3-4,7-8,13,18H,2,5-6,9H2. The average Bonchev–Trinajstić information content (AvgIpc) is 2.77. The lowest BCUT2D eigenvalue weighted by molar-refractivity contribution is 0.463. The van der Waals surface area contributed by atoms with Crippen molar-refractivity contribution in [3.05, 3.63) is 55.7 Å². The van der Waals surface area contributed by atoms with E-state index in [9.17, 15) is 0 Å². The van der Waals surface area contributed by atoms with Gasteiger partial charge >= 0.3 is 0 Å². The molecule has 0 saturated carbocycles. The van der Waals surface area contributed by atoms with E-state index >= 15 is 0 Å². The molecular weight excluding hydrogens is 297 g/mol. The molecule has 0 spiro atoms. The third kappa shape index (κ3) is 3.14. The Morgan fingerprint density at radius 3 is 3.00 bits per heavy atom. The van der Waals surface area contributed by atoms with Gasteiger partial charge in [-0.2, -0.15) is 0 Å². The summed E-state index contributed by atoms with van der Waals surface area (Å²) in [5, 5.41) is 4.42. The van der Waals surface area contributed by atoms with Gasteiger partial charge in [0, 0.05) is 22.5 Å². The Bertz CT molecular complexity index is 579. The first-order valence-electron chi connectivity index (χ1n) is 6.48. The summed E-state index contributed by atoms with van der Waals surface area (Å²) in [4.78, 5) is 1.44. The van der Waals surface area contributed by atoms with Gasteiger partial charge in [0.25, 0.3) is 0 Å². The highest BCUT2D eigenvalue weighted by molar-refractivity contribution is 7.16. The fourth-order valence-electron chi connectivity index (χ4n) is 2.62. The molecule has 1 aromatic carbocycles. The number of hydrogen-bond acceptors (Lipinski definition) is 2. The minimum atomic E-state index is 0.423. The first-order chi connectivity index (χ1) is 9.22. The van der Waals surface area contributed by atoms with Crippen molar-refractivity contribution in [1.29, 1.82) is 0 Å². The molecule has 0 fully saturated rings. The molecule has 0 radical (unpaired) electrons. The van der Waals surface area contributed by atoms with Crippen molar-refractivity contribution in [2.45, 2.75) is 31.8 Å². The average molecular weight is 312 g/mol. The molecule has 3 rings (SSSR count). The Balaban J connectivity index is 1.71. The maximum Gasteiger partial charge on any atom is 0.0934 e. The smallest absolute Gasteiger partial charge is 0.0934 e. The zero-order valence-electron chi connectivity index (χ0n) is 10.5. The van der Waals surface area contributed by atoms with Crippen LogP contribution in [0.2, 0.25) is 9.36 Å². The second-order valence-corrected chi connectivity index (χ2v) is 7.09. The quantitative estimate of drug-likeness (QED) is 0.819. The number of rotatable bonds is 3. The normalized spacial score (nSPS) is 18.3. The van der Waals surface area contributed by atoms with Crippen molar-refractivity contribution in [3.63, 3.8) is 0 Å². The molecule has 1 aliphatic carbocycles. The first-order valence-corrected chi connectivity index (χ1v) is 8.05. The lowest BCUT2D eigenvalue weighted by Crippen LogP contribution is -2.23. The van der Waals surface area contributed by atoms with Crippen LogP contribution in [0.25, 0.3) is 0 Å². The Morgan fingerprint density at radius 2 is 2.16 bits per heavy atom. The summed E-state index contributed by atoms with van der Waals surface area (Å²) in [6.07, 6.45) is 3.58. The van der Waals surface area contributed by atoms with Crippen LogP contribution in [0.5, 0.6) is 0 Å². The van der Waals surface area contributed by atoms with E-state index < -0.39 is 0 Å². The van der Waals surface area contributed by atoms with Crippen molar-refractivity contribution in [3.8, 4) is 0 Å². The van der Waals surface area contributed by atoms with Crippen LogP contribution in [0.15, 0.2) is 30.3 Å². The molecule has 0 saturated heterocycles. The van der Waals surface area contributed by atoms with E-state index in [-0.39, 0.29) is 0 Å². The molecule has 1 heterocycles. The third-order valence-corrected chi connectivity index (χ3v) is 5.10. The molecule has 2 aromatic rings. The van der Waals surface area contributed by atoms with Crippen molar-refractivity contribution < 1.29 is 0 Å². The lowest BCUT2D eigenvalue weighted by atomic mass is 9.94. The maximum absolute atomic E-state index is 6.13. The molecule has 19 heavy (non-hydrogen) atoms. The SMILES string of the molecule is Clc1cccc(CNC2CCCc3sc(Cl)cc32)c1. The van der Waals surface area contributed by atoms with E-state index in [4.69, 9.17) is 23.2 Å². The molecule has 4 heteroatoms. The number of aryl methyl sites for hydroxylation is 1. The van der Waals surface area contributed by atoms with Crippen molar-refractivity contribution in [2.24, 2.45) is 0 Å². The maximum atomic E-state index is 6.13. The molecule has 1 aliphatic rings. The summed E-state index contributed by atoms with van der Waals surface area (Å²) < 4.78 is 0.904. The zero-order chi connectivity index (χ0) is 13.2. The second-order valence-electron chi connectivity index (χ2n) is 4.88. The van der Waals surface area contributed by atoms with Crippen LogP contribution in [0, 0.1) is 0 Å². The Morgan fingerprint density at radius 1 is 1.26 bits per heavy atom. The highest BCUT2D eigenvalue weighted by atomic mass is 35.5. The van der Waals surface area contributed by atoms with Crippen molar-refractivity contribution >= 4 is 34.5 Å². The predicted octanol–water partition coefficient (Wildman–Crippen LogP) is 5.22. The molecule has 1 N–H and O–H groups in total. The van der Waals surface area contributed by atoms with Crippen LogP contribution in [-0.4, -0.2) is 0 Å². The monoisotopic (exact) mass is 311 g/mol. The number of nitrogens with one attached hydrogen (secondary N) is 1. The molecule has 1 nitrogen and oxygen atoms in total. The van der Waals surface area contributed by atoms with Crippen LogP contribution < -0.4 is 5.32 Å². The predicted molar refractivity (Wildman–Crippen MR) is 83.3 cm³/mol. The number of fused-ring (bicyclic) bond motifs is 1. The Kier molecular flexibility index (Phi) is 4.13. The van der Waals surface area contributed by atoms with Gasteiger partial charge in [0.2, 0.25) is 0 Å². The fraction of sp³-hybridized carbons (Fsp3) is 0.333.